The molecule has 0 aliphatic rings. The molecule has 1 aromatic rings. The van der Waals surface area contributed by atoms with Crippen LogP contribution in [0.2, 0.25) is 0 Å². The van der Waals surface area contributed by atoms with Gasteiger partial charge in [0, 0.05) is 25.6 Å². The van der Waals surface area contributed by atoms with Crippen molar-refractivity contribution in [2.75, 3.05) is 33.9 Å². The highest BCUT2D eigenvalue weighted by Crippen LogP contribution is 2.11. The van der Waals surface area contributed by atoms with Crippen LogP contribution in [-0.4, -0.2) is 55.7 Å². The van der Waals surface area contributed by atoms with Gasteiger partial charge in [-0.15, -0.1) is 11.3 Å². The average molecular weight is 286 g/mol. The molecule has 1 aromatic heterocycles. The smallest absolute Gasteiger partial charge is 0.307 e. The third kappa shape index (κ3) is 4.96. The van der Waals surface area contributed by atoms with E-state index in [1.807, 2.05) is 6.92 Å². The third-order valence-electron chi connectivity index (χ3n) is 2.50. The summed E-state index contributed by atoms with van der Waals surface area (Å²) in [5, 5.41) is 2.55. The van der Waals surface area contributed by atoms with Crippen LogP contribution in [0.3, 0.4) is 0 Å². The molecule has 1 amide bonds. The molecule has 6 nitrogen and oxygen atoms in total. The Morgan fingerprint density at radius 2 is 2.11 bits per heavy atom. The molecule has 0 N–H and O–H groups in total. The molecule has 0 bridgehead atoms. The van der Waals surface area contributed by atoms with Crippen molar-refractivity contribution in [1.82, 2.24) is 9.88 Å². The Bertz CT molecular complexity index is 433. The Balaban J connectivity index is 2.66. The lowest BCUT2D eigenvalue weighted by Gasteiger charge is -2.20. The fraction of sp³-hybridized carbons (Fsp3) is 0.583. The number of aryl methyl sites for hydroxylation is 1. The highest BCUT2D eigenvalue weighted by Gasteiger charge is 2.19. The van der Waals surface area contributed by atoms with Crippen molar-refractivity contribution in [3.63, 3.8) is 0 Å². The van der Waals surface area contributed by atoms with E-state index in [-0.39, 0.29) is 18.3 Å². The third-order valence-corrected chi connectivity index (χ3v) is 3.28. The summed E-state index contributed by atoms with van der Waals surface area (Å²) < 4.78 is 9.54. The largest absolute Gasteiger partial charge is 0.469 e. The molecule has 0 atom stereocenters. The van der Waals surface area contributed by atoms with Crippen LogP contribution in [0.1, 0.15) is 21.9 Å². The number of methoxy groups -OCH3 is 2. The molecule has 0 unspecified atom stereocenters. The van der Waals surface area contributed by atoms with Crippen LogP contribution in [0.25, 0.3) is 0 Å². The van der Waals surface area contributed by atoms with E-state index < -0.39 is 0 Å². The quantitative estimate of drug-likeness (QED) is 0.702. The topological polar surface area (TPSA) is 68.7 Å². The highest BCUT2D eigenvalue weighted by molar-refractivity contribution is 7.09. The van der Waals surface area contributed by atoms with Crippen LogP contribution in [0.5, 0.6) is 0 Å². The zero-order chi connectivity index (χ0) is 14.3. The van der Waals surface area contributed by atoms with Crippen molar-refractivity contribution in [3.05, 3.63) is 16.1 Å². The van der Waals surface area contributed by atoms with E-state index in [9.17, 15) is 9.59 Å². The van der Waals surface area contributed by atoms with Crippen molar-refractivity contribution in [2.45, 2.75) is 13.3 Å². The van der Waals surface area contributed by atoms with E-state index >= 15 is 0 Å². The maximum absolute atomic E-state index is 12.2. The van der Waals surface area contributed by atoms with Gasteiger partial charge in [-0.2, -0.15) is 0 Å². The molecule has 7 heteroatoms. The molecule has 0 aromatic carbocycles. The molecule has 0 fully saturated rings. The van der Waals surface area contributed by atoms with Crippen molar-refractivity contribution >= 4 is 23.2 Å². The standard InChI is InChI=1S/C12H18N2O4S/c1-9-13-10(8-19-9)12(16)14(6-7-17-2)5-4-11(15)18-3/h8H,4-7H2,1-3H3. The Labute approximate surface area is 116 Å². The first-order valence-electron chi connectivity index (χ1n) is 5.85. The Morgan fingerprint density at radius 3 is 2.63 bits per heavy atom. The lowest BCUT2D eigenvalue weighted by Crippen LogP contribution is -2.36. The van der Waals surface area contributed by atoms with E-state index in [0.29, 0.717) is 25.4 Å². The average Bonchev–Trinajstić information content (AvgIpc) is 2.84. The van der Waals surface area contributed by atoms with E-state index in [0.717, 1.165) is 5.01 Å². The van der Waals surface area contributed by atoms with E-state index in [1.165, 1.54) is 18.4 Å². The first-order chi connectivity index (χ1) is 9.08. The summed E-state index contributed by atoms with van der Waals surface area (Å²) in [7, 11) is 2.89. The fourth-order valence-electron chi connectivity index (χ4n) is 1.47. The number of hydrogen-bond acceptors (Lipinski definition) is 6. The van der Waals surface area contributed by atoms with Crippen LogP contribution in [-0.2, 0) is 14.3 Å². The first-order valence-corrected chi connectivity index (χ1v) is 6.73. The van der Waals surface area contributed by atoms with E-state index in [1.54, 1.807) is 17.4 Å². The summed E-state index contributed by atoms with van der Waals surface area (Å²) in [5.41, 5.74) is 0.406. The predicted molar refractivity (Wildman–Crippen MR) is 71.3 cm³/mol. The Hall–Kier alpha value is -1.47. The van der Waals surface area contributed by atoms with Gasteiger partial charge in [-0.25, -0.2) is 4.98 Å². The lowest BCUT2D eigenvalue weighted by molar-refractivity contribution is -0.140. The van der Waals surface area contributed by atoms with Gasteiger partial charge >= 0.3 is 5.97 Å². The minimum atomic E-state index is -0.343. The van der Waals surface area contributed by atoms with Gasteiger partial charge in [0.2, 0.25) is 0 Å². The molecule has 0 radical (unpaired) electrons. The monoisotopic (exact) mass is 286 g/mol. The SMILES string of the molecule is COCCN(CCC(=O)OC)C(=O)c1csc(C)n1. The second-order valence-corrected chi connectivity index (χ2v) is 4.93. The van der Waals surface area contributed by atoms with Crippen LogP contribution in [0, 0.1) is 6.92 Å². The molecule has 1 rings (SSSR count). The summed E-state index contributed by atoms with van der Waals surface area (Å²) in [6.07, 6.45) is 0.162. The molecule has 0 aliphatic carbocycles. The Kier molecular flexibility index (Phi) is 6.44. The molecule has 0 saturated heterocycles. The summed E-state index contributed by atoms with van der Waals surface area (Å²) in [4.78, 5) is 29.1. The number of nitrogens with zero attached hydrogens (tertiary/aromatic N) is 2. The maximum atomic E-state index is 12.2. The summed E-state index contributed by atoms with van der Waals surface area (Å²) >= 11 is 1.42. The van der Waals surface area contributed by atoms with Crippen molar-refractivity contribution in [3.8, 4) is 0 Å². The fourth-order valence-corrected chi connectivity index (χ4v) is 2.06. The zero-order valence-corrected chi connectivity index (χ0v) is 12.2. The summed E-state index contributed by atoms with van der Waals surface area (Å²) in [6.45, 7) is 2.97. The van der Waals surface area contributed by atoms with Gasteiger partial charge < -0.3 is 14.4 Å². The first kappa shape index (κ1) is 15.6. The summed E-state index contributed by atoms with van der Waals surface area (Å²) in [6, 6.07) is 0. The number of carbonyl (C=O) groups excluding carboxylic acids is 2. The van der Waals surface area contributed by atoms with Gasteiger partial charge in [0.05, 0.1) is 25.1 Å². The summed E-state index contributed by atoms with van der Waals surface area (Å²) in [5.74, 6) is -0.532. The number of amides is 1. The van der Waals surface area contributed by atoms with Crippen LogP contribution in [0.4, 0.5) is 0 Å². The van der Waals surface area contributed by atoms with Crippen molar-refractivity contribution in [1.29, 1.82) is 0 Å². The molecule has 106 valence electrons. The number of thiazole rings is 1. The maximum Gasteiger partial charge on any atom is 0.307 e. The molecule has 19 heavy (non-hydrogen) atoms. The number of rotatable bonds is 7. The number of aromatic nitrogens is 1. The van der Waals surface area contributed by atoms with E-state index in [2.05, 4.69) is 9.72 Å². The number of hydrogen-bond donors (Lipinski definition) is 0. The number of esters is 1. The zero-order valence-electron chi connectivity index (χ0n) is 11.3. The highest BCUT2D eigenvalue weighted by atomic mass is 32.1. The van der Waals surface area contributed by atoms with Crippen LogP contribution < -0.4 is 0 Å². The minimum absolute atomic E-state index is 0.162. The second kappa shape index (κ2) is 7.85. The van der Waals surface area contributed by atoms with Gasteiger partial charge in [-0.1, -0.05) is 0 Å². The van der Waals surface area contributed by atoms with E-state index in [4.69, 9.17) is 4.74 Å². The van der Waals surface area contributed by atoms with Gasteiger partial charge in [-0.3, -0.25) is 9.59 Å². The van der Waals surface area contributed by atoms with Crippen LogP contribution >= 0.6 is 11.3 Å². The van der Waals surface area contributed by atoms with Gasteiger partial charge in [0.15, 0.2) is 0 Å². The molecular formula is C12H18N2O4S. The second-order valence-electron chi connectivity index (χ2n) is 3.86. The lowest BCUT2D eigenvalue weighted by atomic mass is 10.3. The minimum Gasteiger partial charge on any atom is -0.469 e. The van der Waals surface area contributed by atoms with Gasteiger partial charge in [0.1, 0.15) is 5.69 Å². The molecule has 1 heterocycles. The molecule has 0 saturated carbocycles. The number of ether oxygens (including phenoxy) is 2. The van der Waals surface area contributed by atoms with Gasteiger partial charge in [-0.05, 0) is 6.92 Å². The number of carbonyl (C=O) groups is 2. The predicted octanol–water partition coefficient (Wildman–Crippen LogP) is 1.10. The van der Waals surface area contributed by atoms with Crippen molar-refractivity contribution in [2.24, 2.45) is 0 Å². The molecule has 0 aliphatic heterocycles. The Morgan fingerprint density at radius 1 is 1.37 bits per heavy atom. The molecular weight excluding hydrogens is 268 g/mol. The molecule has 0 spiro atoms. The van der Waals surface area contributed by atoms with Gasteiger partial charge in [0.25, 0.3) is 5.91 Å². The normalized spacial score (nSPS) is 10.3. The van der Waals surface area contributed by atoms with Crippen molar-refractivity contribution < 1.29 is 19.1 Å². The van der Waals surface area contributed by atoms with Crippen LogP contribution in [0.15, 0.2) is 5.38 Å².